The molecule has 19 heavy (non-hydrogen) atoms. The summed E-state index contributed by atoms with van der Waals surface area (Å²) in [6.07, 6.45) is 1.81. The van der Waals surface area contributed by atoms with Crippen molar-refractivity contribution in [2.75, 3.05) is 5.32 Å². The molecular formula is C14H20N2O3. The molecule has 0 aromatic heterocycles. The molecule has 0 bridgehead atoms. The van der Waals surface area contributed by atoms with E-state index in [9.17, 15) is 9.59 Å². The summed E-state index contributed by atoms with van der Waals surface area (Å²) in [5, 5.41) is 14.4. The van der Waals surface area contributed by atoms with Crippen molar-refractivity contribution < 1.29 is 14.7 Å². The molecule has 0 heterocycles. The van der Waals surface area contributed by atoms with Gasteiger partial charge in [-0.3, -0.25) is 0 Å². The normalized spacial score (nSPS) is 10.9. The molecule has 3 N–H and O–H groups in total. The van der Waals surface area contributed by atoms with E-state index >= 15 is 0 Å². The second-order valence-corrected chi connectivity index (χ2v) is 5.06. The summed E-state index contributed by atoms with van der Waals surface area (Å²) < 4.78 is 0. The quantitative estimate of drug-likeness (QED) is 0.764. The number of nitrogens with one attached hydrogen (secondary N) is 2. The lowest BCUT2D eigenvalue weighted by Gasteiger charge is -2.26. The van der Waals surface area contributed by atoms with Crippen molar-refractivity contribution >= 4 is 17.7 Å². The van der Waals surface area contributed by atoms with Crippen LogP contribution in [0, 0.1) is 0 Å². The lowest BCUT2D eigenvalue weighted by atomic mass is 9.99. The highest BCUT2D eigenvalue weighted by Crippen LogP contribution is 2.16. The minimum Gasteiger partial charge on any atom is -0.478 e. The van der Waals surface area contributed by atoms with Gasteiger partial charge in [-0.1, -0.05) is 25.5 Å². The molecule has 104 valence electrons. The zero-order valence-electron chi connectivity index (χ0n) is 11.5. The first-order valence-corrected chi connectivity index (χ1v) is 6.27. The van der Waals surface area contributed by atoms with Gasteiger partial charge in [0, 0.05) is 5.54 Å². The fraction of sp³-hybridized carbons (Fsp3) is 0.429. The summed E-state index contributed by atoms with van der Waals surface area (Å²) >= 11 is 0. The molecule has 0 atom stereocenters. The monoisotopic (exact) mass is 264 g/mol. The third kappa shape index (κ3) is 4.62. The second kappa shape index (κ2) is 6.22. The molecule has 1 rings (SSSR count). The van der Waals surface area contributed by atoms with E-state index in [-0.39, 0.29) is 11.1 Å². The number of hydrogen-bond acceptors (Lipinski definition) is 2. The molecule has 5 heteroatoms. The first-order chi connectivity index (χ1) is 8.85. The molecular weight excluding hydrogens is 244 g/mol. The number of urea groups is 1. The Morgan fingerprint density at radius 2 is 1.89 bits per heavy atom. The van der Waals surface area contributed by atoms with Crippen LogP contribution < -0.4 is 10.6 Å². The lowest BCUT2D eigenvalue weighted by Crippen LogP contribution is -2.45. The maximum Gasteiger partial charge on any atom is 0.337 e. The minimum atomic E-state index is -1.07. The Hall–Kier alpha value is -2.04. The molecule has 1 aromatic rings. The number of amides is 2. The van der Waals surface area contributed by atoms with Gasteiger partial charge in [0.1, 0.15) is 0 Å². The van der Waals surface area contributed by atoms with Crippen molar-refractivity contribution in [1.82, 2.24) is 5.32 Å². The molecule has 1 aromatic carbocycles. The van der Waals surface area contributed by atoms with Crippen LogP contribution in [0.1, 0.15) is 44.0 Å². The number of aromatic carboxylic acids is 1. The predicted octanol–water partition coefficient (Wildman–Crippen LogP) is 3.09. The molecule has 0 spiro atoms. The van der Waals surface area contributed by atoms with Crippen LogP contribution in [0.3, 0.4) is 0 Å². The molecule has 0 fully saturated rings. The summed E-state index contributed by atoms with van der Waals surface area (Å²) in [6, 6.07) is 5.92. The van der Waals surface area contributed by atoms with Crippen LogP contribution in [-0.4, -0.2) is 22.6 Å². The van der Waals surface area contributed by atoms with Gasteiger partial charge < -0.3 is 15.7 Å². The Labute approximate surface area is 113 Å². The first-order valence-electron chi connectivity index (χ1n) is 6.27. The van der Waals surface area contributed by atoms with Crippen LogP contribution >= 0.6 is 0 Å². The third-order valence-electron chi connectivity index (χ3n) is 2.73. The van der Waals surface area contributed by atoms with Gasteiger partial charge in [0.2, 0.25) is 0 Å². The van der Waals surface area contributed by atoms with Gasteiger partial charge in [0.05, 0.1) is 11.3 Å². The van der Waals surface area contributed by atoms with Crippen molar-refractivity contribution in [3.05, 3.63) is 29.8 Å². The number of hydrogen-bond donors (Lipinski definition) is 3. The van der Waals surface area contributed by atoms with E-state index in [0.29, 0.717) is 5.69 Å². The Kier molecular flexibility index (Phi) is 4.92. The first kappa shape index (κ1) is 15.0. The highest BCUT2D eigenvalue weighted by atomic mass is 16.4. The zero-order valence-corrected chi connectivity index (χ0v) is 11.5. The highest BCUT2D eigenvalue weighted by Gasteiger charge is 2.20. The number of carboxylic acid groups (broad SMARTS) is 1. The topological polar surface area (TPSA) is 78.4 Å². The Morgan fingerprint density at radius 3 is 2.47 bits per heavy atom. The van der Waals surface area contributed by atoms with Gasteiger partial charge in [-0.2, -0.15) is 0 Å². The van der Waals surface area contributed by atoms with E-state index in [1.165, 1.54) is 6.07 Å². The number of rotatable bonds is 5. The van der Waals surface area contributed by atoms with Crippen LogP contribution in [0.4, 0.5) is 10.5 Å². The van der Waals surface area contributed by atoms with Gasteiger partial charge in [0.15, 0.2) is 0 Å². The summed E-state index contributed by atoms with van der Waals surface area (Å²) in [4.78, 5) is 22.9. The average Bonchev–Trinajstić information content (AvgIpc) is 2.28. The number of benzene rings is 1. The molecule has 0 radical (unpaired) electrons. The van der Waals surface area contributed by atoms with Gasteiger partial charge in [-0.25, -0.2) is 9.59 Å². The molecule has 0 aliphatic rings. The maximum atomic E-state index is 11.9. The van der Waals surface area contributed by atoms with Crippen molar-refractivity contribution in [1.29, 1.82) is 0 Å². The van der Waals surface area contributed by atoms with Crippen LogP contribution in [0.15, 0.2) is 24.3 Å². The van der Waals surface area contributed by atoms with Crippen LogP contribution in [0.25, 0.3) is 0 Å². The average molecular weight is 264 g/mol. The number of carboxylic acids is 1. The zero-order chi connectivity index (χ0) is 14.5. The summed E-state index contributed by atoms with van der Waals surface area (Å²) in [6.45, 7) is 5.90. The standard InChI is InChI=1S/C14H20N2O3/c1-4-9-14(2,3)16-13(19)15-11-8-6-5-7-10(11)12(17)18/h5-8H,4,9H2,1-3H3,(H,17,18)(H2,15,16,19). The van der Waals surface area contributed by atoms with E-state index in [1.54, 1.807) is 18.2 Å². The van der Waals surface area contributed by atoms with Crippen LogP contribution in [0.5, 0.6) is 0 Å². The van der Waals surface area contributed by atoms with Gasteiger partial charge >= 0.3 is 12.0 Å². The van der Waals surface area contributed by atoms with Gasteiger partial charge in [-0.05, 0) is 32.4 Å². The minimum absolute atomic E-state index is 0.0750. The maximum absolute atomic E-state index is 11.9. The van der Waals surface area contributed by atoms with Gasteiger partial charge in [0.25, 0.3) is 0 Å². The fourth-order valence-corrected chi connectivity index (χ4v) is 1.93. The van der Waals surface area contributed by atoms with E-state index < -0.39 is 12.0 Å². The summed E-state index contributed by atoms with van der Waals surface area (Å²) in [5.41, 5.74) is 0.0440. The summed E-state index contributed by atoms with van der Waals surface area (Å²) in [7, 11) is 0. The number of carbonyl (C=O) groups excluding carboxylic acids is 1. The lowest BCUT2D eigenvalue weighted by molar-refractivity contribution is 0.0698. The molecule has 5 nitrogen and oxygen atoms in total. The van der Waals surface area contributed by atoms with Crippen molar-refractivity contribution in [3.8, 4) is 0 Å². The largest absolute Gasteiger partial charge is 0.478 e. The van der Waals surface area contributed by atoms with Crippen molar-refractivity contribution in [3.63, 3.8) is 0 Å². The van der Waals surface area contributed by atoms with E-state index in [2.05, 4.69) is 10.6 Å². The SMILES string of the molecule is CCCC(C)(C)NC(=O)Nc1ccccc1C(=O)O. The van der Waals surface area contributed by atoms with Crippen LogP contribution in [-0.2, 0) is 0 Å². The Bertz CT molecular complexity index is 470. The van der Waals surface area contributed by atoms with Crippen molar-refractivity contribution in [2.45, 2.75) is 39.2 Å². The Morgan fingerprint density at radius 1 is 1.26 bits per heavy atom. The smallest absolute Gasteiger partial charge is 0.337 e. The molecule has 0 unspecified atom stereocenters. The highest BCUT2D eigenvalue weighted by molar-refractivity contribution is 6.00. The fourth-order valence-electron chi connectivity index (χ4n) is 1.93. The van der Waals surface area contributed by atoms with E-state index in [0.717, 1.165) is 12.8 Å². The molecule has 2 amide bonds. The van der Waals surface area contributed by atoms with E-state index in [1.807, 2.05) is 20.8 Å². The van der Waals surface area contributed by atoms with E-state index in [4.69, 9.17) is 5.11 Å². The predicted molar refractivity (Wildman–Crippen MR) is 74.5 cm³/mol. The Balaban J connectivity index is 2.75. The molecule has 0 saturated carbocycles. The second-order valence-electron chi connectivity index (χ2n) is 5.06. The molecule has 0 aliphatic heterocycles. The molecule has 0 saturated heterocycles. The van der Waals surface area contributed by atoms with Crippen LogP contribution in [0.2, 0.25) is 0 Å². The third-order valence-corrected chi connectivity index (χ3v) is 2.73. The summed E-state index contributed by atoms with van der Waals surface area (Å²) in [5.74, 6) is -1.07. The van der Waals surface area contributed by atoms with Crippen molar-refractivity contribution in [2.24, 2.45) is 0 Å². The number of para-hydroxylation sites is 1. The number of anilines is 1. The molecule has 0 aliphatic carbocycles. The number of carbonyl (C=O) groups is 2. The van der Waals surface area contributed by atoms with Gasteiger partial charge in [-0.15, -0.1) is 0 Å².